The first-order valence-electron chi connectivity index (χ1n) is 12.9. The van der Waals surface area contributed by atoms with Crippen LogP contribution in [0.5, 0.6) is 0 Å². The molecule has 0 bridgehead atoms. The molecule has 6 heteroatoms. The van der Waals surface area contributed by atoms with E-state index in [0.717, 1.165) is 37.4 Å². The van der Waals surface area contributed by atoms with Gasteiger partial charge in [0.1, 0.15) is 13.2 Å². The SMILES string of the molecule is C=C(COC(=O)CCCCCBr)COC(=O)NCCCCCCCCCCCCCCC. The van der Waals surface area contributed by atoms with E-state index >= 15 is 0 Å². The monoisotopic (exact) mass is 517 g/mol. The fourth-order valence-corrected chi connectivity index (χ4v) is 3.79. The summed E-state index contributed by atoms with van der Waals surface area (Å²) >= 11 is 3.37. The molecule has 0 aromatic rings. The molecule has 0 unspecified atom stereocenters. The smallest absolute Gasteiger partial charge is 0.407 e. The predicted molar refractivity (Wildman–Crippen MR) is 137 cm³/mol. The van der Waals surface area contributed by atoms with Gasteiger partial charge in [-0.05, 0) is 24.8 Å². The van der Waals surface area contributed by atoms with Crippen molar-refractivity contribution in [1.29, 1.82) is 0 Å². The third-order valence-electron chi connectivity index (χ3n) is 5.41. The number of alkyl carbamates (subject to hydrolysis) is 1. The summed E-state index contributed by atoms with van der Waals surface area (Å²) in [5.74, 6) is -0.229. The number of rotatable bonds is 23. The molecule has 0 aromatic heterocycles. The first-order chi connectivity index (χ1) is 15.6. The van der Waals surface area contributed by atoms with E-state index in [1.165, 1.54) is 70.6 Å². The normalized spacial score (nSPS) is 10.7. The highest BCUT2D eigenvalue weighted by atomic mass is 79.9. The molecule has 32 heavy (non-hydrogen) atoms. The van der Waals surface area contributed by atoms with Crippen molar-refractivity contribution in [3.05, 3.63) is 12.2 Å². The number of amides is 1. The fraction of sp³-hybridized carbons (Fsp3) is 0.846. The van der Waals surface area contributed by atoms with Gasteiger partial charge in [0.2, 0.25) is 0 Å². The van der Waals surface area contributed by atoms with Crippen LogP contribution in [0.1, 0.15) is 116 Å². The van der Waals surface area contributed by atoms with E-state index in [0.29, 0.717) is 18.5 Å². The second kappa shape index (κ2) is 24.6. The van der Waals surface area contributed by atoms with Crippen LogP contribution in [0.3, 0.4) is 0 Å². The first-order valence-corrected chi connectivity index (χ1v) is 14.0. The molecule has 0 saturated carbocycles. The molecule has 188 valence electrons. The summed E-state index contributed by atoms with van der Waals surface area (Å²) in [6, 6.07) is 0. The molecule has 0 heterocycles. The number of carbonyl (C=O) groups is 2. The molecule has 0 radical (unpaired) electrons. The van der Waals surface area contributed by atoms with Gasteiger partial charge in [0.25, 0.3) is 0 Å². The highest BCUT2D eigenvalue weighted by Gasteiger charge is 2.06. The lowest BCUT2D eigenvalue weighted by Gasteiger charge is -2.10. The number of alkyl halides is 1. The second-order valence-electron chi connectivity index (χ2n) is 8.66. The average molecular weight is 519 g/mol. The number of unbranched alkanes of at least 4 members (excludes halogenated alkanes) is 14. The Morgan fingerprint density at radius 1 is 0.719 bits per heavy atom. The molecule has 1 amide bonds. The topological polar surface area (TPSA) is 64.6 Å². The summed E-state index contributed by atoms with van der Waals surface area (Å²) in [4.78, 5) is 23.3. The van der Waals surface area contributed by atoms with Crippen molar-refractivity contribution in [1.82, 2.24) is 5.32 Å². The summed E-state index contributed by atoms with van der Waals surface area (Å²) in [6.45, 7) is 6.86. The lowest BCUT2D eigenvalue weighted by molar-refractivity contribution is -0.142. The summed E-state index contributed by atoms with van der Waals surface area (Å²) in [5, 5.41) is 3.72. The van der Waals surface area contributed by atoms with Gasteiger partial charge >= 0.3 is 12.1 Å². The standard InChI is InChI=1S/C26H48BrNO4/c1-3-4-5-6-7-8-9-10-11-12-13-14-18-21-28-26(30)32-23-24(2)22-31-25(29)19-16-15-17-20-27/h2-23H2,1H3,(H,28,30). The van der Waals surface area contributed by atoms with Crippen LogP contribution in [0.25, 0.3) is 0 Å². The maximum atomic E-state index is 11.7. The Kier molecular flexibility index (Phi) is 23.8. The molecule has 0 saturated heterocycles. The number of nitrogens with one attached hydrogen (secondary N) is 1. The average Bonchev–Trinajstić information content (AvgIpc) is 2.79. The van der Waals surface area contributed by atoms with E-state index in [-0.39, 0.29) is 19.2 Å². The quantitative estimate of drug-likeness (QED) is 0.0647. The van der Waals surface area contributed by atoms with Crippen LogP contribution in [0.2, 0.25) is 0 Å². The number of hydrogen-bond donors (Lipinski definition) is 1. The molecule has 5 nitrogen and oxygen atoms in total. The van der Waals surface area contributed by atoms with Crippen molar-refractivity contribution >= 4 is 28.0 Å². The number of hydrogen-bond acceptors (Lipinski definition) is 4. The zero-order valence-corrected chi connectivity index (χ0v) is 22.2. The van der Waals surface area contributed by atoms with Crippen molar-refractivity contribution in [2.45, 2.75) is 116 Å². The van der Waals surface area contributed by atoms with Gasteiger partial charge in [-0.15, -0.1) is 0 Å². The van der Waals surface area contributed by atoms with Crippen molar-refractivity contribution in [2.24, 2.45) is 0 Å². The summed E-state index contributed by atoms with van der Waals surface area (Å²) < 4.78 is 10.3. The van der Waals surface area contributed by atoms with E-state index in [9.17, 15) is 9.59 Å². The van der Waals surface area contributed by atoms with Crippen molar-refractivity contribution in [3.63, 3.8) is 0 Å². The number of halogens is 1. The molecule has 0 aliphatic heterocycles. The number of esters is 1. The van der Waals surface area contributed by atoms with Crippen LogP contribution in [0, 0.1) is 0 Å². The lowest BCUT2D eigenvalue weighted by atomic mass is 10.0. The highest BCUT2D eigenvalue weighted by Crippen LogP contribution is 2.12. The van der Waals surface area contributed by atoms with Crippen LogP contribution < -0.4 is 5.32 Å². The van der Waals surface area contributed by atoms with Crippen molar-refractivity contribution in [3.8, 4) is 0 Å². The molecular weight excluding hydrogens is 470 g/mol. The van der Waals surface area contributed by atoms with Gasteiger partial charge in [-0.3, -0.25) is 4.79 Å². The van der Waals surface area contributed by atoms with Crippen LogP contribution in [0.4, 0.5) is 4.79 Å². The highest BCUT2D eigenvalue weighted by molar-refractivity contribution is 9.09. The molecule has 1 N–H and O–H groups in total. The summed E-state index contributed by atoms with van der Waals surface area (Å²) in [5.41, 5.74) is 0.579. The Balaban J connectivity index is 3.38. The Labute approximate surface area is 205 Å². The van der Waals surface area contributed by atoms with Gasteiger partial charge in [0, 0.05) is 18.3 Å². The Bertz CT molecular complexity index is 471. The number of carbonyl (C=O) groups excluding carboxylic acids is 2. The molecule has 0 aromatic carbocycles. The Morgan fingerprint density at radius 2 is 1.22 bits per heavy atom. The van der Waals surface area contributed by atoms with Crippen LogP contribution in [-0.4, -0.2) is 37.2 Å². The van der Waals surface area contributed by atoms with Gasteiger partial charge in [-0.2, -0.15) is 0 Å². The second-order valence-corrected chi connectivity index (χ2v) is 9.45. The first kappa shape index (κ1) is 31.0. The third-order valence-corrected chi connectivity index (χ3v) is 5.97. The van der Waals surface area contributed by atoms with E-state index in [1.807, 2.05) is 0 Å². The summed E-state index contributed by atoms with van der Waals surface area (Å²) in [6.07, 6.45) is 19.9. The van der Waals surface area contributed by atoms with E-state index < -0.39 is 6.09 Å². The maximum Gasteiger partial charge on any atom is 0.407 e. The van der Waals surface area contributed by atoms with Crippen molar-refractivity contribution < 1.29 is 19.1 Å². The van der Waals surface area contributed by atoms with Crippen molar-refractivity contribution in [2.75, 3.05) is 25.1 Å². The lowest BCUT2D eigenvalue weighted by Crippen LogP contribution is -2.26. The molecule has 0 fully saturated rings. The van der Waals surface area contributed by atoms with Crippen LogP contribution >= 0.6 is 15.9 Å². The van der Waals surface area contributed by atoms with E-state index in [1.54, 1.807) is 0 Å². The van der Waals surface area contributed by atoms with Gasteiger partial charge in [0.15, 0.2) is 0 Å². The maximum absolute atomic E-state index is 11.7. The molecule has 0 atom stereocenters. The molecule has 0 rings (SSSR count). The van der Waals surface area contributed by atoms with Gasteiger partial charge in [-0.25, -0.2) is 4.79 Å². The zero-order valence-electron chi connectivity index (χ0n) is 20.6. The molecular formula is C26H48BrNO4. The van der Waals surface area contributed by atoms with E-state index in [2.05, 4.69) is 34.7 Å². The number of ether oxygens (including phenoxy) is 2. The third kappa shape index (κ3) is 23.6. The Hall–Kier alpha value is -1.04. The van der Waals surface area contributed by atoms with Crippen LogP contribution in [0.15, 0.2) is 12.2 Å². The molecule has 0 aliphatic rings. The molecule has 0 spiro atoms. The molecule has 0 aliphatic carbocycles. The van der Waals surface area contributed by atoms with Gasteiger partial charge in [0.05, 0.1) is 0 Å². The van der Waals surface area contributed by atoms with Crippen LogP contribution in [-0.2, 0) is 14.3 Å². The Morgan fingerprint density at radius 3 is 1.78 bits per heavy atom. The largest absolute Gasteiger partial charge is 0.461 e. The predicted octanol–water partition coefficient (Wildman–Crippen LogP) is 7.86. The summed E-state index contributed by atoms with van der Waals surface area (Å²) in [7, 11) is 0. The van der Waals surface area contributed by atoms with Gasteiger partial charge < -0.3 is 14.8 Å². The fourth-order valence-electron chi connectivity index (χ4n) is 3.39. The van der Waals surface area contributed by atoms with Gasteiger partial charge in [-0.1, -0.05) is 113 Å². The minimum absolute atomic E-state index is 0.0707. The van der Waals surface area contributed by atoms with E-state index in [4.69, 9.17) is 9.47 Å². The minimum atomic E-state index is -0.439. The zero-order chi connectivity index (χ0) is 23.7. The minimum Gasteiger partial charge on any atom is -0.461 e.